The summed E-state index contributed by atoms with van der Waals surface area (Å²) in [5, 5.41) is 2.74. The first kappa shape index (κ1) is 19.6. The van der Waals surface area contributed by atoms with E-state index >= 15 is 0 Å². The zero-order valence-corrected chi connectivity index (χ0v) is 16.0. The molecule has 2 aliphatic heterocycles. The van der Waals surface area contributed by atoms with Crippen molar-refractivity contribution in [2.24, 2.45) is 0 Å². The Labute approximate surface area is 161 Å². The van der Waals surface area contributed by atoms with Gasteiger partial charge in [0.05, 0.1) is 0 Å². The van der Waals surface area contributed by atoms with E-state index in [0.29, 0.717) is 18.2 Å². The summed E-state index contributed by atoms with van der Waals surface area (Å²) in [6.07, 6.45) is 3.42. The molecule has 1 aromatic carbocycles. The minimum atomic E-state index is -0.202. The minimum Gasteiger partial charge on any atom is -0.381 e. The number of nitrogens with one attached hydrogen (secondary N) is 1. The van der Waals surface area contributed by atoms with Crippen molar-refractivity contribution in [3.8, 4) is 0 Å². The molecular weight excluding hydrogens is 342 g/mol. The highest BCUT2D eigenvalue weighted by molar-refractivity contribution is 5.94. The maximum Gasteiger partial charge on any atom is 0.254 e. The van der Waals surface area contributed by atoms with Crippen molar-refractivity contribution in [1.82, 2.24) is 15.1 Å². The van der Waals surface area contributed by atoms with Gasteiger partial charge in [-0.2, -0.15) is 0 Å². The van der Waals surface area contributed by atoms with E-state index in [4.69, 9.17) is 4.74 Å². The molecule has 27 heavy (non-hydrogen) atoms. The Morgan fingerprint density at radius 2 is 1.93 bits per heavy atom. The Kier molecular flexibility index (Phi) is 6.63. The first-order valence-corrected chi connectivity index (χ1v) is 9.70. The molecule has 0 spiro atoms. The molecule has 1 atom stereocenters. The van der Waals surface area contributed by atoms with Crippen LogP contribution in [0.25, 0.3) is 0 Å². The number of piperazine rings is 1. The SMILES string of the molecule is C=CC(=O)NCc1ccc(C(=O)N2CCN(C3CCOCC3)C[C@H]2C)cc1. The molecule has 2 amide bonds. The molecule has 3 rings (SSSR count). The van der Waals surface area contributed by atoms with Crippen molar-refractivity contribution in [2.75, 3.05) is 32.8 Å². The van der Waals surface area contributed by atoms with Crippen LogP contribution in [0.3, 0.4) is 0 Å². The van der Waals surface area contributed by atoms with Gasteiger partial charge in [0.25, 0.3) is 5.91 Å². The molecule has 1 N–H and O–H groups in total. The van der Waals surface area contributed by atoms with E-state index in [9.17, 15) is 9.59 Å². The second-order valence-corrected chi connectivity index (χ2v) is 7.30. The summed E-state index contributed by atoms with van der Waals surface area (Å²) in [7, 11) is 0. The lowest BCUT2D eigenvalue weighted by molar-refractivity contribution is -0.116. The number of rotatable bonds is 5. The van der Waals surface area contributed by atoms with Crippen LogP contribution in [0.1, 0.15) is 35.7 Å². The van der Waals surface area contributed by atoms with Crippen molar-refractivity contribution in [1.29, 1.82) is 0 Å². The number of hydrogen-bond acceptors (Lipinski definition) is 4. The fourth-order valence-electron chi connectivity index (χ4n) is 3.86. The number of ether oxygens (including phenoxy) is 1. The number of benzene rings is 1. The third-order valence-corrected chi connectivity index (χ3v) is 5.48. The lowest BCUT2D eigenvalue weighted by Crippen LogP contribution is -2.57. The number of nitrogens with zero attached hydrogens (tertiary/aromatic N) is 2. The molecule has 2 aliphatic rings. The molecule has 2 heterocycles. The van der Waals surface area contributed by atoms with Gasteiger partial charge >= 0.3 is 0 Å². The van der Waals surface area contributed by atoms with Crippen molar-refractivity contribution in [3.63, 3.8) is 0 Å². The van der Waals surface area contributed by atoms with Gasteiger partial charge < -0.3 is 15.0 Å². The Morgan fingerprint density at radius 3 is 2.56 bits per heavy atom. The highest BCUT2D eigenvalue weighted by Gasteiger charge is 2.32. The van der Waals surface area contributed by atoms with Gasteiger partial charge in [-0.05, 0) is 43.5 Å². The lowest BCUT2D eigenvalue weighted by Gasteiger charge is -2.44. The summed E-state index contributed by atoms with van der Waals surface area (Å²) in [5.41, 5.74) is 1.65. The van der Waals surface area contributed by atoms with Gasteiger partial charge in [0.2, 0.25) is 5.91 Å². The van der Waals surface area contributed by atoms with Gasteiger partial charge in [-0.25, -0.2) is 0 Å². The number of carbonyl (C=O) groups excluding carboxylic acids is 2. The Balaban J connectivity index is 1.56. The van der Waals surface area contributed by atoms with E-state index in [2.05, 4.69) is 23.7 Å². The summed E-state index contributed by atoms with van der Waals surface area (Å²) in [5.74, 6) is -0.123. The van der Waals surface area contributed by atoms with Crippen LogP contribution in [0.15, 0.2) is 36.9 Å². The van der Waals surface area contributed by atoms with Crippen LogP contribution in [-0.4, -0.2) is 66.5 Å². The van der Waals surface area contributed by atoms with Crippen LogP contribution in [-0.2, 0) is 16.1 Å². The van der Waals surface area contributed by atoms with Crippen LogP contribution >= 0.6 is 0 Å². The van der Waals surface area contributed by atoms with Gasteiger partial charge in [0.1, 0.15) is 0 Å². The quantitative estimate of drug-likeness (QED) is 0.802. The highest BCUT2D eigenvalue weighted by atomic mass is 16.5. The lowest BCUT2D eigenvalue weighted by atomic mass is 10.0. The molecule has 0 unspecified atom stereocenters. The molecule has 0 aromatic heterocycles. The summed E-state index contributed by atoms with van der Waals surface area (Å²) >= 11 is 0. The molecule has 1 aromatic rings. The molecule has 6 heteroatoms. The third-order valence-electron chi connectivity index (χ3n) is 5.48. The fourth-order valence-corrected chi connectivity index (χ4v) is 3.86. The van der Waals surface area contributed by atoms with E-state index in [1.807, 2.05) is 29.2 Å². The average Bonchev–Trinajstić information content (AvgIpc) is 2.72. The molecule has 2 fully saturated rings. The molecular formula is C21H29N3O3. The molecule has 146 valence electrons. The first-order valence-electron chi connectivity index (χ1n) is 9.70. The smallest absolute Gasteiger partial charge is 0.254 e. The van der Waals surface area contributed by atoms with Crippen LogP contribution in [0, 0.1) is 0 Å². The van der Waals surface area contributed by atoms with Gasteiger partial charge in [-0.15, -0.1) is 0 Å². The maximum absolute atomic E-state index is 12.9. The predicted octanol–water partition coefficient (Wildman–Crippen LogP) is 1.81. The van der Waals surface area contributed by atoms with Crippen LogP contribution < -0.4 is 5.32 Å². The Morgan fingerprint density at radius 1 is 1.22 bits per heavy atom. The molecule has 0 bridgehead atoms. The fraction of sp³-hybridized carbons (Fsp3) is 0.524. The van der Waals surface area contributed by atoms with Crippen molar-refractivity contribution < 1.29 is 14.3 Å². The summed E-state index contributed by atoms with van der Waals surface area (Å²) < 4.78 is 5.46. The third kappa shape index (κ3) is 4.96. The van der Waals surface area contributed by atoms with Crippen molar-refractivity contribution >= 4 is 11.8 Å². The monoisotopic (exact) mass is 371 g/mol. The first-order chi connectivity index (χ1) is 13.1. The molecule has 0 radical (unpaired) electrons. The predicted molar refractivity (Wildman–Crippen MR) is 104 cm³/mol. The number of hydrogen-bond donors (Lipinski definition) is 1. The number of carbonyl (C=O) groups is 2. The van der Waals surface area contributed by atoms with E-state index in [0.717, 1.165) is 51.3 Å². The molecule has 0 aliphatic carbocycles. The van der Waals surface area contributed by atoms with Crippen LogP contribution in [0.2, 0.25) is 0 Å². The second kappa shape index (κ2) is 9.15. The highest BCUT2D eigenvalue weighted by Crippen LogP contribution is 2.21. The summed E-state index contributed by atoms with van der Waals surface area (Å²) in [6.45, 7) is 10.3. The topological polar surface area (TPSA) is 61.9 Å². The number of amides is 2. The van der Waals surface area contributed by atoms with Gasteiger partial charge in [-0.3, -0.25) is 14.5 Å². The second-order valence-electron chi connectivity index (χ2n) is 7.30. The zero-order valence-electron chi connectivity index (χ0n) is 16.0. The van der Waals surface area contributed by atoms with Crippen molar-refractivity contribution in [3.05, 3.63) is 48.0 Å². The van der Waals surface area contributed by atoms with Crippen LogP contribution in [0.5, 0.6) is 0 Å². The van der Waals surface area contributed by atoms with E-state index in [-0.39, 0.29) is 17.9 Å². The molecule has 2 saturated heterocycles. The standard InChI is InChI=1S/C21H29N3O3/c1-3-20(25)22-14-17-4-6-18(7-5-17)21(26)24-11-10-23(15-16(24)2)19-8-12-27-13-9-19/h3-7,16,19H,1,8-15H2,2H3,(H,22,25)/t16-/m1/s1. The Hall–Kier alpha value is -2.18. The average molecular weight is 371 g/mol. The molecule has 6 nitrogen and oxygen atoms in total. The van der Waals surface area contributed by atoms with Crippen molar-refractivity contribution in [2.45, 2.75) is 38.4 Å². The van der Waals surface area contributed by atoms with Gasteiger partial charge in [-0.1, -0.05) is 18.7 Å². The Bertz CT molecular complexity index is 668. The maximum atomic E-state index is 12.9. The zero-order chi connectivity index (χ0) is 19.2. The molecule has 0 saturated carbocycles. The van der Waals surface area contributed by atoms with E-state index < -0.39 is 0 Å². The van der Waals surface area contributed by atoms with Crippen LogP contribution in [0.4, 0.5) is 0 Å². The summed E-state index contributed by atoms with van der Waals surface area (Å²) in [6, 6.07) is 8.24. The normalized spacial score (nSPS) is 21.7. The van der Waals surface area contributed by atoms with E-state index in [1.165, 1.54) is 6.08 Å². The van der Waals surface area contributed by atoms with Gasteiger partial charge in [0, 0.05) is 57.0 Å². The minimum absolute atomic E-state index is 0.0794. The summed E-state index contributed by atoms with van der Waals surface area (Å²) in [4.78, 5) is 28.7. The largest absolute Gasteiger partial charge is 0.381 e. The van der Waals surface area contributed by atoms with E-state index in [1.54, 1.807) is 0 Å². The van der Waals surface area contributed by atoms with Gasteiger partial charge in [0.15, 0.2) is 0 Å².